The zero-order valence-electron chi connectivity index (χ0n) is 18.7. The van der Waals surface area contributed by atoms with Crippen LogP contribution in [0.4, 0.5) is 26.3 Å². The Bertz CT molecular complexity index is 1270. The van der Waals surface area contributed by atoms with Crippen LogP contribution in [0, 0.1) is 5.92 Å². The summed E-state index contributed by atoms with van der Waals surface area (Å²) in [6.07, 6.45) is -8.04. The number of benzene rings is 2. The number of hydrogen-bond donors (Lipinski definition) is 0. The molecule has 204 valence electrons. The Balaban J connectivity index is 2.21. The lowest BCUT2D eigenvalue weighted by Crippen LogP contribution is -2.28. The molecule has 2 atom stereocenters. The molecule has 14 heteroatoms. The van der Waals surface area contributed by atoms with Gasteiger partial charge in [-0.2, -0.15) is 26.3 Å². The Morgan fingerprint density at radius 1 is 0.946 bits per heavy atom. The highest BCUT2D eigenvalue weighted by atomic mass is 35.5. The van der Waals surface area contributed by atoms with Crippen LogP contribution in [0.5, 0.6) is 0 Å². The molecule has 37 heavy (non-hydrogen) atoms. The highest BCUT2D eigenvalue weighted by molar-refractivity contribution is 7.91. The third kappa shape index (κ3) is 9.66. The van der Waals surface area contributed by atoms with Crippen LogP contribution in [-0.2, 0) is 9.84 Å². The van der Waals surface area contributed by atoms with Crippen molar-refractivity contribution in [1.29, 1.82) is 0 Å². The van der Waals surface area contributed by atoms with Gasteiger partial charge in [-0.25, -0.2) is 8.42 Å². The molecule has 0 heterocycles. The topological polar surface area (TPSA) is 51.2 Å². The van der Waals surface area contributed by atoms with Gasteiger partial charge in [0, 0.05) is 12.0 Å². The number of Topliss-reactive ketones (excluding diaryl/α,β-unsaturated/α-hetero) is 1. The number of rotatable bonds is 9. The molecule has 1 unspecified atom stereocenters. The van der Waals surface area contributed by atoms with Gasteiger partial charge in [-0.05, 0) is 41.3 Å². The second kappa shape index (κ2) is 12.2. The first kappa shape index (κ1) is 31.8. The summed E-state index contributed by atoms with van der Waals surface area (Å²) in [6.45, 7) is 1.31. The van der Waals surface area contributed by atoms with E-state index in [1.54, 1.807) is 0 Å². The number of ketones is 1. The van der Waals surface area contributed by atoms with Crippen LogP contribution in [0.1, 0.15) is 40.7 Å². The van der Waals surface area contributed by atoms with Crippen molar-refractivity contribution in [3.63, 3.8) is 0 Å². The molecule has 2 aromatic rings. The molecule has 0 N–H and O–H groups in total. The monoisotopic (exact) mass is 628 g/mol. The van der Waals surface area contributed by atoms with Gasteiger partial charge in [0.25, 0.3) is 0 Å². The first-order valence-electron chi connectivity index (χ1n) is 10.3. The summed E-state index contributed by atoms with van der Waals surface area (Å²) in [4.78, 5) is 12.5. The Labute approximate surface area is 229 Å². The summed E-state index contributed by atoms with van der Waals surface area (Å²) >= 11 is 23.6. The van der Waals surface area contributed by atoms with Crippen molar-refractivity contribution in [2.75, 3.05) is 11.5 Å². The first-order valence-corrected chi connectivity index (χ1v) is 13.6. The summed E-state index contributed by atoms with van der Waals surface area (Å²) in [5, 5.41) is -0.522. The lowest BCUT2D eigenvalue weighted by Gasteiger charge is -2.18. The number of halogens is 10. The van der Waals surface area contributed by atoms with Crippen LogP contribution in [0.25, 0.3) is 6.08 Å². The van der Waals surface area contributed by atoms with Gasteiger partial charge in [-0.15, -0.1) is 0 Å². The number of allylic oxidation sites excluding steroid dienone is 1. The number of alkyl halides is 6. The molecular formula is C23H18Cl4F6O3S. The second-order valence-electron chi connectivity index (χ2n) is 8.32. The van der Waals surface area contributed by atoms with E-state index in [2.05, 4.69) is 0 Å². The SMILES string of the molecule is C[C@@H](CC(=O)c1ccc(/C=C/C(c2cc(Cl)c(Cl)c(Cl)c2)C(F)(F)F)cc1Cl)CS(=O)(=O)CC(F)(F)F. The fourth-order valence-electron chi connectivity index (χ4n) is 3.46. The third-order valence-corrected chi connectivity index (χ3v) is 8.30. The number of carbonyl (C=O) groups excluding carboxylic acids is 1. The number of carbonyl (C=O) groups is 1. The minimum atomic E-state index is -4.90. The molecule has 0 aliphatic carbocycles. The van der Waals surface area contributed by atoms with Crippen LogP contribution < -0.4 is 0 Å². The van der Waals surface area contributed by atoms with E-state index in [0.29, 0.717) is 0 Å². The normalized spacial score (nSPS) is 14.7. The smallest absolute Gasteiger partial charge is 0.294 e. The van der Waals surface area contributed by atoms with Gasteiger partial charge >= 0.3 is 12.4 Å². The van der Waals surface area contributed by atoms with Crippen molar-refractivity contribution in [2.24, 2.45) is 5.92 Å². The minimum Gasteiger partial charge on any atom is -0.294 e. The summed E-state index contributed by atoms with van der Waals surface area (Å²) < 4.78 is 102. The van der Waals surface area contributed by atoms with E-state index in [1.165, 1.54) is 25.1 Å². The molecule has 0 saturated carbocycles. The van der Waals surface area contributed by atoms with E-state index in [-0.39, 0.29) is 36.8 Å². The molecule has 0 fully saturated rings. The fraction of sp³-hybridized carbons (Fsp3) is 0.348. The zero-order chi connectivity index (χ0) is 28.3. The van der Waals surface area contributed by atoms with Crippen molar-refractivity contribution < 1.29 is 39.6 Å². The van der Waals surface area contributed by atoms with E-state index in [1.807, 2.05) is 0 Å². The average Bonchev–Trinajstić information content (AvgIpc) is 2.68. The quantitative estimate of drug-likeness (QED) is 0.158. The second-order valence-corrected chi connectivity index (χ2v) is 12.0. The van der Waals surface area contributed by atoms with Gasteiger partial charge < -0.3 is 0 Å². The maximum atomic E-state index is 13.7. The van der Waals surface area contributed by atoms with Gasteiger partial charge in [0.05, 0.1) is 31.8 Å². The molecule has 0 aliphatic heterocycles. The Hall–Kier alpha value is -1.46. The molecule has 0 radical (unpaired) electrons. The molecule has 0 aromatic heterocycles. The van der Waals surface area contributed by atoms with Crippen molar-refractivity contribution in [1.82, 2.24) is 0 Å². The zero-order valence-corrected chi connectivity index (χ0v) is 22.6. The van der Waals surface area contributed by atoms with Crippen LogP contribution in [0.15, 0.2) is 36.4 Å². The summed E-state index contributed by atoms with van der Waals surface area (Å²) in [5.74, 6) is -6.50. The Morgan fingerprint density at radius 3 is 2.00 bits per heavy atom. The van der Waals surface area contributed by atoms with Crippen LogP contribution in [0.3, 0.4) is 0 Å². The van der Waals surface area contributed by atoms with Crippen molar-refractivity contribution in [3.8, 4) is 0 Å². The molecule has 0 saturated heterocycles. The first-order chi connectivity index (χ1) is 16.8. The van der Waals surface area contributed by atoms with Gasteiger partial charge in [0.15, 0.2) is 15.6 Å². The van der Waals surface area contributed by atoms with Crippen LogP contribution >= 0.6 is 46.4 Å². The molecule has 0 amide bonds. The lowest BCUT2D eigenvalue weighted by atomic mass is 9.96. The van der Waals surface area contributed by atoms with E-state index in [4.69, 9.17) is 46.4 Å². The molecule has 2 rings (SSSR count). The fourth-order valence-corrected chi connectivity index (χ4v) is 5.97. The maximum absolute atomic E-state index is 13.7. The molecule has 2 aromatic carbocycles. The molecule has 0 bridgehead atoms. The van der Waals surface area contributed by atoms with Gasteiger partial charge in [-0.3, -0.25) is 4.79 Å². The predicted octanol–water partition coefficient (Wildman–Crippen LogP) is 8.85. The number of hydrogen-bond acceptors (Lipinski definition) is 3. The van der Waals surface area contributed by atoms with Crippen molar-refractivity contribution in [2.45, 2.75) is 31.6 Å². The van der Waals surface area contributed by atoms with Gasteiger partial charge in [0.1, 0.15) is 5.75 Å². The van der Waals surface area contributed by atoms with E-state index in [9.17, 15) is 39.6 Å². The molecule has 3 nitrogen and oxygen atoms in total. The Kier molecular flexibility index (Phi) is 10.4. The van der Waals surface area contributed by atoms with Crippen LogP contribution in [0.2, 0.25) is 20.1 Å². The van der Waals surface area contributed by atoms with E-state index in [0.717, 1.165) is 24.3 Å². The summed E-state index contributed by atoms with van der Waals surface area (Å²) in [6, 6.07) is 5.87. The summed E-state index contributed by atoms with van der Waals surface area (Å²) in [5.41, 5.74) is -0.0965. The van der Waals surface area contributed by atoms with Gasteiger partial charge in [-0.1, -0.05) is 71.5 Å². The maximum Gasteiger partial charge on any atom is 0.402 e. The molecular weight excluding hydrogens is 612 g/mol. The highest BCUT2D eigenvalue weighted by Gasteiger charge is 2.39. The minimum absolute atomic E-state index is 0.0532. The predicted molar refractivity (Wildman–Crippen MR) is 134 cm³/mol. The Morgan fingerprint density at radius 2 is 1.51 bits per heavy atom. The highest BCUT2D eigenvalue weighted by Crippen LogP contribution is 2.41. The van der Waals surface area contributed by atoms with Crippen LogP contribution in [-0.4, -0.2) is 38.1 Å². The number of sulfone groups is 1. The summed E-state index contributed by atoms with van der Waals surface area (Å²) in [7, 11) is -4.48. The largest absolute Gasteiger partial charge is 0.402 e. The standard InChI is InChI=1S/C23H18Cl4F6O3S/c1-12(10-37(35,36)11-22(28,29)30)6-20(34)15-4-2-13(7-17(15)24)3-5-16(23(31,32)33)14-8-18(25)21(27)19(26)9-14/h2-5,7-9,12,16H,6,10-11H2,1H3/b5-3+/t12-,16?/m0/s1. The van der Waals surface area contributed by atoms with Crippen molar-refractivity contribution >= 4 is 68.1 Å². The average molecular weight is 630 g/mol. The molecule has 0 spiro atoms. The third-order valence-electron chi connectivity index (χ3n) is 4.95. The van der Waals surface area contributed by atoms with Crippen molar-refractivity contribution in [3.05, 3.63) is 73.2 Å². The van der Waals surface area contributed by atoms with E-state index < -0.39 is 57.7 Å². The molecule has 0 aliphatic rings. The van der Waals surface area contributed by atoms with Gasteiger partial charge in [0.2, 0.25) is 0 Å². The lowest BCUT2D eigenvalue weighted by molar-refractivity contribution is -0.139. The van der Waals surface area contributed by atoms with E-state index >= 15 is 0 Å².